The zero-order chi connectivity index (χ0) is 27.8. The van der Waals surface area contributed by atoms with Crippen molar-refractivity contribution in [2.75, 3.05) is 6.61 Å². The van der Waals surface area contributed by atoms with Gasteiger partial charge in [-0.3, -0.25) is 19.5 Å². The number of ether oxygens (including phenoxy) is 1. The van der Waals surface area contributed by atoms with Crippen LogP contribution in [0.1, 0.15) is 42.3 Å². The highest BCUT2D eigenvalue weighted by Crippen LogP contribution is 2.36. The van der Waals surface area contributed by atoms with E-state index < -0.39 is 16.9 Å². The van der Waals surface area contributed by atoms with Crippen LogP contribution in [0.5, 0.6) is 0 Å². The minimum Gasteiger partial charge on any atom is -0.463 e. The molecule has 4 aromatic rings. The standard InChI is InChI=1S/C29H25N3O6S/c1-5-37-28(34)25-18(4)30-29-31(27(33)24(39-29)14-19-9-6-16(2)7-10-19)26(25)23-13-12-22(38-23)21-15-20(32(35)36)11-8-17(21)3/h6-15,26H,5H2,1-4H3/b24-14-/t26-/m1/s1. The highest BCUT2D eigenvalue weighted by Gasteiger charge is 2.35. The first-order valence-corrected chi connectivity index (χ1v) is 13.1. The molecule has 0 radical (unpaired) electrons. The van der Waals surface area contributed by atoms with Crippen LogP contribution >= 0.6 is 11.3 Å². The van der Waals surface area contributed by atoms with Crippen molar-refractivity contribution >= 4 is 29.1 Å². The Bertz CT molecular complexity index is 1830. The number of furan rings is 1. The maximum Gasteiger partial charge on any atom is 0.338 e. The minimum atomic E-state index is -0.923. The number of nitro groups is 1. The second kappa shape index (κ2) is 10.3. The number of carbonyl (C=O) groups is 1. The fourth-order valence-corrected chi connectivity index (χ4v) is 5.55. The molecular formula is C29H25N3O6S. The topological polar surface area (TPSA) is 117 Å². The maximum absolute atomic E-state index is 13.7. The first-order valence-electron chi connectivity index (χ1n) is 12.3. The number of thiazole rings is 1. The average Bonchev–Trinajstić information content (AvgIpc) is 3.50. The number of nitro benzene ring substituents is 1. The summed E-state index contributed by atoms with van der Waals surface area (Å²) in [6.07, 6.45) is 1.80. The Hall–Kier alpha value is -4.57. The summed E-state index contributed by atoms with van der Waals surface area (Å²) < 4.78 is 13.5. The van der Waals surface area contributed by atoms with Gasteiger partial charge in [0.25, 0.3) is 11.2 Å². The van der Waals surface area contributed by atoms with Gasteiger partial charge in [-0.15, -0.1) is 0 Å². The van der Waals surface area contributed by atoms with Crippen molar-refractivity contribution in [2.45, 2.75) is 33.7 Å². The monoisotopic (exact) mass is 543 g/mol. The van der Waals surface area contributed by atoms with E-state index in [0.29, 0.717) is 32.1 Å². The van der Waals surface area contributed by atoms with E-state index in [4.69, 9.17) is 9.15 Å². The Morgan fingerprint density at radius 1 is 1.15 bits per heavy atom. The van der Waals surface area contributed by atoms with Gasteiger partial charge in [-0.25, -0.2) is 9.79 Å². The number of allylic oxidation sites excluding steroid dienone is 1. The van der Waals surface area contributed by atoms with E-state index >= 15 is 0 Å². The Morgan fingerprint density at radius 3 is 2.59 bits per heavy atom. The van der Waals surface area contributed by atoms with E-state index in [1.54, 1.807) is 38.1 Å². The van der Waals surface area contributed by atoms with Crippen molar-refractivity contribution < 1.29 is 18.9 Å². The van der Waals surface area contributed by atoms with Crippen LogP contribution in [0.4, 0.5) is 5.69 Å². The van der Waals surface area contributed by atoms with E-state index in [2.05, 4.69) is 4.99 Å². The Morgan fingerprint density at radius 2 is 1.90 bits per heavy atom. The number of aryl methyl sites for hydroxylation is 2. The first-order chi connectivity index (χ1) is 18.7. The fourth-order valence-electron chi connectivity index (χ4n) is 4.51. The quantitative estimate of drug-likeness (QED) is 0.200. The van der Waals surface area contributed by atoms with Crippen LogP contribution in [0.2, 0.25) is 0 Å². The number of esters is 1. The summed E-state index contributed by atoms with van der Waals surface area (Å²) in [6, 6.07) is 14.8. The third kappa shape index (κ3) is 4.86. The number of nitrogens with zero attached hydrogens (tertiary/aromatic N) is 3. The van der Waals surface area contributed by atoms with E-state index in [0.717, 1.165) is 16.7 Å². The van der Waals surface area contributed by atoms with Crippen molar-refractivity contribution in [3.8, 4) is 11.3 Å². The number of hydrogen-bond donors (Lipinski definition) is 0. The second-order valence-electron chi connectivity index (χ2n) is 9.17. The molecule has 0 saturated heterocycles. The lowest BCUT2D eigenvalue weighted by molar-refractivity contribution is -0.384. The molecule has 2 aromatic heterocycles. The molecule has 0 N–H and O–H groups in total. The van der Waals surface area contributed by atoms with Crippen molar-refractivity contribution in [3.63, 3.8) is 0 Å². The Labute approximate surface area is 227 Å². The van der Waals surface area contributed by atoms with Crippen LogP contribution in [0.3, 0.4) is 0 Å². The average molecular weight is 544 g/mol. The molecule has 3 heterocycles. The molecule has 0 unspecified atom stereocenters. The number of non-ortho nitro benzene ring substituents is 1. The molecule has 10 heteroatoms. The largest absolute Gasteiger partial charge is 0.463 e. The Kier molecular flexibility index (Phi) is 6.88. The van der Waals surface area contributed by atoms with Gasteiger partial charge in [-0.2, -0.15) is 0 Å². The van der Waals surface area contributed by atoms with Crippen LogP contribution in [0.25, 0.3) is 17.4 Å². The summed E-state index contributed by atoms with van der Waals surface area (Å²) in [6.45, 7) is 7.37. The highest BCUT2D eigenvalue weighted by atomic mass is 32.1. The third-order valence-electron chi connectivity index (χ3n) is 6.49. The van der Waals surface area contributed by atoms with Crippen LogP contribution in [0, 0.1) is 24.0 Å². The molecule has 2 aromatic carbocycles. The molecule has 198 valence electrons. The molecule has 1 aliphatic heterocycles. The fraction of sp³-hybridized carbons (Fsp3) is 0.207. The zero-order valence-electron chi connectivity index (χ0n) is 21.8. The number of fused-ring (bicyclic) bond motifs is 1. The lowest BCUT2D eigenvalue weighted by Crippen LogP contribution is -2.39. The molecule has 0 bridgehead atoms. The second-order valence-corrected chi connectivity index (χ2v) is 10.2. The highest BCUT2D eigenvalue weighted by molar-refractivity contribution is 7.07. The van der Waals surface area contributed by atoms with Gasteiger partial charge < -0.3 is 9.15 Å². The van der Waals surface area contributed by atoms with Crippen molar-refractivity contribution in [1.29, 1.82) is 0 Å². The predicted octanol–water partition coefficient (Wildman–Crippen LogP) is 4.58. The van der Waals surface area contributed by atoms with Crippen molar-refractivity contribution in [3.05, 3.63) is 118 Å². The first kappa shape index (κ1) is 26.1. The number of hydrogen-bond acceptors (Lipinski definition) is 8. The number of carbonyl (C=O) groups excluding carboxylic acids is 1. The van der Waals surface area contributed by atoms with Gasteiger partial charge in [-0.05, 0) is 57.0 Å². The van der Waals surface area contributed by atoms with Crippen LogP contribution in [-0.2, 0) is 9.53 Å². The van der Waals surface area contributed by atoms with Gasteiger partial charge >= 0.3 is 5.97 Å². The lowest BCUT2D eigenvalue weighted by Gasteiger charge is -2.22. The van der Waals surface area contributed by atoms with Crippen molar-refractivity contribution in [2.24, 2.45) is 4.99 Å². The zero-order valence-corrected chi connectivity index (χ0v) is 22.6. The van der Waals surface area contributed by atoms with Gasteiger partial charge in [0.2, 0.25) is 0 Å². The van der Waals surface area contributed by atoms with Gasteiger partial charge in [0.05, 0.1) is 27.3 Å². The maximum atomic E-state index is 13.7. The molecule has 0 spiro atoms. The van der Waals surface area contributed by atoms with Gasteiger partial charge in [0.1, 0.15) is 17.6 Å². The normalized spacial score (nSPS) is 15.2. The molecule has 9 nitrogen and oxygen atoms in total. The molecule has 39 heavy (non-hydrogen) atoms. The number of benzene rings is 2. The van der Waals surface area contributed by atoms with Crippen molar-refractivity contribution in [1.82, 2.24) is 4.57 Å². The van der Waals surface area contributed by atoms with E-state index in [-0.39, 0.29) is 23.4 Å². The van der Waals surface area contributed by atoms with E-state index in [9.17, 15) is 19.7 Å². The minimum absolute atomic E-state index is 0.0689. The van der Waals surface area contributed by atoms with Gasteiger partial charge in [0.15, 0.2) is 4.80 Å². The lowest BCUT2D eigenvalue weighted by atomic mass is 10.0. The molecule has 1 aliphatic rings. The van der Waals surface area contributed by atoms with Crippen LogP contribution in [0.15, 0.2) is 80.1 Å². The van der Waals surface area contributed by atoms with E-state index in [1.165, 1.54) is 28.0 Å². The van der Waals surface area contributed by atoms with E-state index in [1.807, 2.05) is 38.1 Å². The predicted molar refractivity (Wildman–Crippen MR) is 147 cm³/mol. The third-order valence-corrected chi connectivity index (χ3v) is 7.47. The van der Waals surface area contributed by atoms with Crippen LogP contribution < -0.4 is 14.9 Å². The summed E-state index contributed by atoms with van der Waals surface area (Å²) in [5.74, 6) is 0.100. The molecule has 1 atom stereocenters. The van der Waals surface area contributed by atoms with Gasteiger partial charge in [-0.1, -0.05) is 47.2 Å². The smallest absolute Gasteiger partial charge is 0.338 e. The molecule has 0 saturated carbocycles. The molecule has 0 amide bonds. The Balaban J connectivity index is 1.69. The summed E-state index contributed by atoms with van der Waals surface area (Å²) in [5, 5.41) is 11.4. The van der Waals surface area contributed by atoms with Gasteiger partial charge in [0, 0.05) is 17.7 Å². The summed E-state index contributed by atoms with van der Waals surface area (Å²) in [4.78, 5) is 42.8. The number of rotatable bonds is 6. The number of aromatic nitrogens is 1. The molecular weight excluding hydrogens is 518 g/mol. The molecule has 0 fully saturated rings. The summed E-state index contributed by atoms with van der Waals surface area (Å²) in [5.41, 5.74) is 3.53. The SMILES string of the molecule is CCOC(=O)C1=C(C)N=c2s/c(=C\c3ccc(C)cc3)c(=O)n2[C@@H]1c1ccc(-c2cc([N+](=O)[O-])ccc2C)o1. The summed E-state index contributed by atoms with van der Waals surface area (Å²) >= 11 is 1.23. The van der Waals surface area contributed by atoms with Crippen LogP contribution in [-0.4, -0.2) is 22.1 Å². The molecule has 0 aliphatic carbocycles. The summed E-state index contributed by atoms with van der Waals surface area (Å²) in [7, 11) is 0. The molecule has 5 rings (SSSR count).